The molecule has 0 aliphatic heterocycles. The maximum absolute atomic E-state index is 6.09. The molecular formula is C23H20Cl2INO2. The number of aliphatic imine (C=N–C) groups is 1. The third kappa shape index (κ3) is 6.11. The van der Waals surface area contributed by atoms with Crippen LogP contribution in [0.3, 0.4) is 0 Å². The minimum Gasteiger partial charge on any atom is -0.490 e. The Morgan fingerprint density at radius 2 is 1.69 bits per heavy atom. The van der Waals surface area contributed by atoms with Crippen molar-refractivity contribution in [1.29, 1.82) is 0 Å². The van der Waals surface area contributed by atoms with E-state index in [4.69, 9.17) is 32.7 Å². The largest absolute Gasteiger partial charge is 0.490 e. The summed E-state index contributed by atoms with van der Waals surface area (Å²) in [4.78, 5) is 4.59. The number of halogens is 3. The summed E-state index contributed by atoms with van der Waals surface area (Å²) in [6, 6.07) is 17.2. The van der Waals surface area contributed by atoms with Crippen LogP contribution in [0.1, 0.15) is 23.6 Å². The Morgan fingerprint density at radius 3 is 2.41 bits per heavy atom. The summed E-state index contributed by atoms with van der Waals surface area (Å²) in [6.45, 7) is 4.93. The van der Waals surface area contributed by atoms with Crippen LogP contribution in [0, 0.1) is 10.5 Å². The molecule has 0 aromatic heterocycles. The van der Waals surface area contributed by atoms with Crippen LogP contribution in [0.15, 0.2) is 59.6 Å². The van der Waals surface area contributed by atoms with Crippen molar-refractivity contribution in [2.45, 2.75) is 20.5 Å². The van der Waals surface area contributed by atoms with Gasteiger partial charge in [-0.2, -0.15) is 0 Å². The van der Waals surface area contributed by atoms with Gasteiger partial charge in [0.1, 0.15) is 6.61 Å². The first-order valence-electron chi connectivity index (χ1n) is 9.10. The van der Waals surface area contributed by atoms with Crippen molar-refractivity contribution in [3.05, 3.63) is 84.9 Å². The molecule has 3 rings (SSSR count). The lowest BCUT2D eigenvalue weighted by molar-refractivity contribution is 0.267. The highest BCUT2D eigenvalue weighted by atomic mass is 127. The smallest absolute Gasteiger partial charge is 0.175 e. The third-order valence-electron chi connectivity index (χ3n) is 4.15. The van der Waals surface area contributed by atoms with Crippen molar-refractivity contribution >= 4 is 57.7 Å². The van der Waals surface area contributed by atoms with E-state index in [0.717, 1.165) is 31.7 Å². The van der Waals surface area contributed by atoms with E-state index in [-0.39, 0.29) is 0 Å². The molecular weight excluding hydrogens is 520 g/mol. The molecule has 3 aromatic rings. The van der Waals surface area contributed by atoms with Gasteiger partial charge >= 0.3 is 0 Å². The number of rotatable bonds is 7. The van der Waals surface area contributed by atoms with Crippen molar-refractivity contribution in [2.75, 3.05) is 6.61 Å². The number of ether oxygens (including phenoxy) is 2. The zero-order chi connectivity index (χ0) is 20.8. The highest BCUT2D eigenvalue weighted by Crippen LogP contribution is 2.35. The first-order chi connectivity index (χ1) is 14.0. The monoisotopic (exact) mass is 539 g/mol. The molecule has 0 aliphatic carbocycles. The summed E-state index contributed by atoms with van der Waals surface area (Å²) in [6.07, 6.45) is 1.81. The fourth-order valence-electron chi connectivity index (χ4n) is 2.67. The molecule has 150 valence electrons. The summed E-state index contributed by atoms with van der Waals surface area (Å²) in [7, 11) is 0. The number of benzene rings is 3. The summed E-state index contributed by atoms with van der Waals surface area (Å²) in [5, 5.41) is 1.37. The van der Waals surface area contributed by atoms with Crippen molar-refractivity contribution in [2.24, 2.45) is 4.99 Å². The first kappa shape index (κ1) is 21.9. The van der Waals surface area contributed by atoms with Crippen molar-refractivity contribution in [3.63, 3.8) is 0 Å². The maximum Gasteiger partial charge on any atom is 0.175 e. The van der Waals surface area contributed by atoms with Crippen molar-refractivity contribution < 1.29 is 9.47 Å². The lowest BCUT2D eigenvalue weighted by Gasteiger charge is -2.15. The van der Waals surface area contributed by atoms with Gasteiger partial charge in [-0.05, 0) is 89.5 Å². The second-order valence-corrected chi connectivity index (χ2v) is 8.40. The number of nitrogens with zero attached hydrogens (tertiary/aromatic N) is 1. The van der Waals surface area contributed by atoms with Gasteiger partial charge < -0.3 is 9.47 Å². The van der Waals surface area contributed by atoms with Gasteiger partial charge in [0.05, 0.1) is 15.9 Å². The fraction of sp³-hybridized carbons (Fsp3) is 0.174. The Balaban J connectivity index is 1.84. The van der Waals surface area contributed by atoms with Gasteiger partial charge in [0.2, 0.25) is 0 Å². The van der Waals surface area contributed by atoms with Gasteiger partial charge in [-0.25, -0.2) is 0 Å². The topological polar surface area (TPSA) is 30.8 Å². The average molecular weight is 540 g/mol. The van der Waals surface area contributed by atoms with E-state index in [0.29, 0.717) is 29.0 Å². The minimum atomic E-state index is 0.433. The van der Waals surface area contributed by atoms with Crippen LogP contribution >= 0.6 is 45.8 Å². The summed E-state index contributed by atoms with van der Waals surface area (Å²) >= 11 is 14.3. The molecule has 0 heterocycles. The predicted molar refractivity (Wildman–Crippen MR) is 130 cm³/mol. The highest BCUT2D eigenvalue weighted by molar-refractivity contribution is 14.1. The molecule has 0 bridgehead atoms. The first-order valence-corrected chi connectivity index (χ1v) is 10.9. The van der Waals surface area contributed by atoms with Gasteiger partial charge in [0.15, 0.2) is 11.5 Å². The lowest BCUT2D eigenvalue weighted by atomic mass is 10.2. The van der Waals surface area contributed by atoms with Gasteiger partial charge in [0.25, 0.3) is 0 Å². The maximum atomic E-state index is 6.09. The van der Waals surface area contributed by atoms with Crippen LogP contribution in [-0.2, 0) is 6.61 Å². The van der Waals surface area contributed by atoms with Crippen LogP contribution < -0.4 is 9.47 Å². The van der Waals surface area contributed by atoms with Gasteiger partial charge in [-0.3, -0.25) is 4.99 Å². The molecule has 0 saturated carbocycles. The number of aryl methyl sites for hydroxylation is 1. The standard InChI is InChI=1S/C23H20Cl2INO2/c1-3-28-22-11-17(13-27-21-12-19(25)7-4-15(21)2)10-20(26)23(22)29-14-16-5-8-18(24)9-6-16/h4-13H,3,14H2,1-2H3. The second kappa shape index (κ2) is 10.3. The predicted octanol–water partition coefficient (Wildman–Crippen LogP) is 7.63. The molecule has 0 fully saturated rings. The summed E-state index contributed by atoms with van der Waals surface area (Å²) in [5.74, 6) is 1.41. The Kier molecular flexibility index (Phi) is 7.81. The van der Waals surface area contributed by atoms with Crippen LogP contribution in [0.25, 0.3) is 0 Å². The van der Waals surface area contributed by atoms with Crippen LogP contribution in [0.2, 0.25) is 10.0 Å². The zero-order valence-electron chi connectivity index (χ0n) is 16.1. The Morgan fingerprint density at radius 1 is 0.966 bits per heavy atom. The average Bonchev–Trinajstić information content (AvgIpc) is 2.69. The fourth-order valence-corrected chi connectivity index (χ4v) is 3.74. The van der Waals surface area contributed by atoms with E-state index in [1.807, 2.05) is 74.7 Å². The van der Waals surface area contributed by atoms with Crippen LogP contribution in [0.5, 0.6) is 11.5 Å². The molecule has 0 amide bonds. The molecule has 0 aliphatic rings. The molecule has 6 heteroatoms. The highest BCUT2D eigenvalue weighted by Gasteiger charge is 2.12. The van der Waals surface area contributed by atoms with Crippen molar-refractivity contribution in [3.8, 4) is 11.5 Å². The Bertz CT molecular complexity index is 1020. The van der Waals surface area contributed by atoms with Gasteiger partial charge in [-0.1, -0.05) is 41.4 Å². The zero-order valence-corrected chi connectivity index (χ0v) is 19.8. The quantitative estimate of drug-likeness (QED) is 0.228. The van der Waals surface area contributed by atoms with Crippen LogP contribution in [0.4, 0.5) is 5.69 Å². The number of hydrogen-bond acceptors (Lipinski definition) is 3. The summed E-state index contributed by atoms with van der Waals surface area (Å²) < 4.78 is 12.8. The van der Waals surface area contributed by atoms with Crippen LogP contribution in [-0.4, -0.2) is 12.8 Å². The van der Waals surface area contributed by atoms with E-state index in [9.17, 15) is 0 Å². The van der Waals surface area contributed by atoms with E-state index in [1.165, 1.54) is 0 Å². The summed E-state index contributed by atoms with van der Waals surface area (Å²) in [5.41, 5.74) is 3.87. The lowest BCUT2D eigenvalue weighted by Crippen LogP contribution is -2.02. The normalized spacial score (nSPS) is 11.1. The Hall–Kier alpha value is -1.76. The molecule has 0 spiro atoms. The Labute approximate surface area is 194 Å². The molecule has 0 atom stereocenters. The van der Waals surface area contributed by atoms with Crippen molar-refractivity contribution in [1.82, 2.24) is 0 Å². The van der Waals surface area contributed by atoms with Gasteiger partial charge in [0, 0.05) is 16.3 Å². The molecule has 3 aromatic carbocycles. The molecule has 0 N–H and O–H groups in total. The SMILES string of the molecule is CCOc1cc(C=Nc2cc(Cl)ccc2C)cc(I)c1OCc1ccc(Cl)cc1. The van der Waals surface area contributed by atoms with E-state index < -0.39 is 0 Å². The third-order valence-corrected chi connectivity index (χ3v) is 5.44. The van der Waals surface area contributed by atoms with Gasteiger partial charge in [-0.15, -0.1) is 0 Å². The second-order valence-electron chi connectivity index (χ2n) is 6.37. The number of hydrogen-bond donors (Lipinski definition) is 0. The molecule has 0 radical (unpaired) electrons. The molecule has 0 unspecified atom stereocenters. The molecule has 0 saturated heterocycles. The van der Waals surface area contributed by atoms with E-state index >= 15 is 0 Å². The van der Waals surface area contributed by atoms with E-state index in [1.54, 1.807) is 0 Å². The van der Waals surface area contributed by atoms with E-state index in [2.05, 4.69) is 27.6 Å². The molecule has 3 nitrogen and oxygen atoms in total. The minimum absolute atomic E-state index is 0.433. The molecule has 29 heavy (non-hydrogen) atoms.